The summed E-state index contributed by atoms with van der Waals surface area (Å²) in [6.07, 6.45) is 0. The van der Waals surface area contributed by atoms with Crippen LogP contribution in [0.15, 0.2) is 121 Å². The SMILES string of the molecule is C1=[N+](c2ccccc2)c2ccccc2[N+]=1c1ccccc1.Cc1cccc2c1[N-]c1c(C)cccc1O2.[Au+]. The number of fused-ring (bicyclic) bond motifs is 3. The Hall–Kier alpha value is -4.18. The zero-order valence-electron chi connectivity index (χ0n) is 21.1. The van der Waals surface area contributed by atoms with Crippen LogP contribution in [0.2, 0.25) is 0 Å². The number of ether oxygens (including phenoxy) is 1. The minimum absolute atomic E-state index is 0. The van der Waals surface area contributed by atoms with E-state index in [1.165, 1.54) is 0 Å². The molecular formula is C33H26AuN3O+2. The number of hydrogen-bond donors (Lipinski definition) is 0. The molecule has 0 atom stereocenters. The number of rotatable bonds is 2. The van der Waals surface area contributed by atoms with Crippen LogP contribution in [-0.4, -0.2) is 6.01 Å². The Morgan fingerprint density at radius 3 is 1.39 bits per heavy atom. The topological polar surface area (TPSA) is 29.4 Å². The number of para-hydroxylation sites is 6. The molecule has 0 fully saturated rings. The van der Waals surface area contributed by atoms with E-state index in [-0.39, 0.29) is 22.4 Å². The van der Waals surface area contributed by atoms with Crippen molar-refractivity contribution >= 4 is 40.1 Å². The number of aryl methyl sites for hydroxylation is 2. The maximum atomic E-state index is 5.85. The van der Waals surface area contributed by atoms with Crippen molar-refractivity contribution in [2.45, 2.75) is 13.8 Å². The van der Waals surface area contributed by atoms with E-state index in [1.54, 1.807) is 0 Å². The molecular weight excluding hydrogens is 651 g/mol. The predicted octanol–water partition coefficient (Wildman–Crippen LogP) is 9.29. The fourth-order valence-corrected chi connectivity index (χ4v) is 4.54. The van der Waals surface area contributed by atoms with Crippen LogP contribution in [0, 0.1) is 13.8 Å². The molecule has 4 nitrogen and oxygen atoms in total. The Kier molecular flexibility index (Phi) is 7.41. The van der Waals surface area contributed by atoms with Crippen LogP contribution in [0.5, 0.6) is 11.5 Å². The second-order valence-electron chi connectivity index (χ2n) is 8.99. The van der Waals surface area contributed by atoms with Crippen LogP contribution in [-0.2, 0) is 22.4 Å². The van der Waals surface area contributed by atoms with Gasteiger partial charge in [-0.25, -0.2) is 0 Å². The summed E-state index contributed by atoms with van der Waals surface area (Å²) in [6.45, 7) is 4.10. The molecule has 0 unspecified atom stereocenters. The van der Waals surface area contributed by atoms with E-state index >= 15 is 0 Å². The zero-order valence-corrected chi connectivity index (χ0v) is 23.3. The van der Waals surface area contributed by atoms with Gasteiger partial charge < -0.3 is 10.1 Å². The largest absolute Gasteiger partial charge is 1.00 e. The van der Waals surface area contributed by atoms with Crippen LogP contribution in [0.1, 0.15) is 11.1 Å². The minimum Gasteiger partial charge on any atom is -0.651 e. The van der Waals surface area contributed by atoms with Crippen LogP contribution in [0.4, 0.5) is 34.1 Å². The quantitative estimate of drug-likeness (QED) is 0.133. The van der Waals surface area contributed by atoms with Gasteiger partial charge >= 0.3 is 28.4 Å². The summed E-state index contributed by atoms with van der Waals surface area (Å²) >= 11 is 0. The van der Waals surface area contributed by atoms with Gasteiger partial charge in [-0.3, -0.25) is 0 Å². The van der Waals surface area contributed by atoms with Crippen LogP contribution in [0.25, 0.3) is 5.32 Å². The van der Waals surface area contributed by atoms with E-state index in [1.807, 2.05) is 60.7 Å². The van der Waals surface area contributed by atoms with Crippen LogP contribution >= 0.6 is 0 Å². The van der Waals surface area contributed by atoms with E-state index in [2.05, 4.69) is 95.0 Å². The first-order chi connectivity index (χ1) is 18.2. The number of hydrogen-bond acceptors (Lipinski definition) is 1. The summed E-state index contributed by atoms with van der Waals surface area (Å²) in [5, 5.41) is 4.68. The first-order valence-corrected chi connectivity index (χ1v) is 12.3. The molecule has 38 heavy (non-hydrogen) atoms. The summed E-state index contributed by atoms with van der Waals surface area (Å²) in [4.78, 5) is 0. The van der Waals surface area contributed by atoms with Gasteiger partial charge in [0.2, 0.25) is 11.4 Å². The molecule has 0 radical (unpaired) electrons. The van der Waals surface area contributed by atoms with Crippen molar-refractivity contribution in [2.24, 2.45) is 0 Å². The van der Waals surface area contributed by atoms with Gasteiger partial charge in [0, 0.05) is 36.4 Å². The van der Waals surface area contributed by atoms with E-state index in [0.717, 1.165) is 56.8 Å². The average Bonchev–Trinajstić information content (AvgIpc) is 3.34. The van der Waals surface area contributed by atoms with Gasteiger partial charge in [0.1, 0.15) is 11.5 Å². The van der Waals surface area contributed by atoms with Crippen LogP contribution < -0.4 is 13.9 Å². The Bertz CT molecular complexity index is 1550. The number of nitrogens with zero attached hydrogens (tertiary/aromatic N) is 3. The van der Waals surface area contributed by atoms with Gasteiger partial charge in [0.15, 0.2) is 0 Å². The molecule has 7 rings (SSSR count). The molecule has 0 saturated carbocycles. The third kappa shape index (κ3) is 4.87. The molecule has 0 amide bonds. The smallest absolute Gasteiger partial charge is 0.651 e. The van der Waals surface area contributed by atoms with E-state index in [9.17, 15) is 0 Å². The third-order valence-corrected chi connectivity index (χ3v) is 6.44. The Morgan fingerprint density at radius 1 is 0.526 bits per heavy atom. The Labute approximate surface area is 238 Å². The van der Waals surface area contributed by atoms with Gasteiger partial charge in [-0.05, 0) is 35.1 Å². The molecule has 5 heteroatoms. The van der Waals surface area contributed by atoms with Crippen molar-refractivity contribution in [1.82, 2.24) is 9.15 Å². The normalized spacial score (nSPS) is 12.1. The molecule has 0 saturated heterocycles. The molecule has 2 aliphatic rings. The first kappa shape index (κ1) is 25.5. The Balaban J connectivity index is 0.000000156. The Morgan fingerprint density at radius 2 is 0.947 bits per heavy atom. The molecule has 5 aromatic rings. The van der Waals surface area contributed by atoms with Crippen molar-refractivity contribution in [3.8, 4) is 11.5 Å². The molecule has 0 N–H and O–H groups in total. The van der Waals surface area contributed by atoms with Crippen molar-refractivity contribution in [3.05, 3.63) is 138 Å². The molecule has 188 valence electrons. The molecule has 2 heterocycles. The molecule has 0 aromatic heterocycles. The van der Waals surface area contributed by atoms with Gasteiger partial charge in [-0.15, -0.1) is 0 Å². The molecule has 0 bridgehead atoms. The minimum atomic E-state index is 0. The maximum absolute atomic E-state index is 5.85. The van der Waals surface area contributed by atoms with Crippen molar-refractivity contribution in [1.29, 1.82) is 0 Å². The zero-order chi connectivity index (χ0) is 25.2. The maximum Gasteiger partial charge on any atom is 1.00 e. The monoisotopic (exact) mass is 677 g/mol. The molecule has 0 aliphatic carbocycles. The summed E-state index contributed by atoms with van der Waals surface area (Å²) in [5.74, 6) is 1.69. The van der Waals surface area contributed by atoms with E-state index < -0.39 is 0 Å². The van der Waals surface area contributed by atoms with E-state index in [0.29, 0.717) is 0 Å². The van der Waals surface area contributed by atoms with Crippen molar-refractivity contribution < 1.29 is 27.1 Å². The summed E-state index contributed by atoms with van der Waals surface area (Å²) < 4.78 is 10.0. The fraction of sp³-hybridized carbons (Fsp3) is 0.0606. The number of benzene rings is 5. The second kappa shape index (κ2) is 11.1. The summed E-state index contributed by atoms with van der Waals surface area (Å²) in [7, 11) is 0. The predicted molar refractivity (Wildman–Crippen MR) is 152 cm³/mol. The van der Waals surface area contributed by atoms with Gasteiger partial charge in [-0.2, -0.15) is 0 Å². The molecule has 5 aromatic carbocycles. The van der Waals surface area contributed by atoms with Crippen LogP contribution in [0.3, 0.4) is 0 Å². The van der Waals surface area contributed by atoms with Gasteiger partial charge in [0.05, 0.1) is 0 Å². The summed E-state index contributed by atoms with van der Waals surface area (Å²) in [5.41, 5.74) is 8.71. The summed E-state index contributed by atoms with van der Waals surface area (Å²) in [6, 6.07) is 44.4. The van der Waals surface area contributed by atoms with Gasteiger partial charge in [-0.1, -0.05) is 95.3 Å². The third-order valence-electron chi connectivity index (χ3n) is 6.44. The van der Waals surface area contributed by atoms with Crippen molar-refractivity contribution in [3.63, 3.8) is 0 Å². The van der Waals surface area contributed by atoms with Gasteiger partial charge in [0.25, 0.3) is 11.4 Å². The fourth-order valence-electron chi connectivity index (χ4n) is 4.54. The standard InChI is InChI=1S/C19H14N2.C14H12NO.Au/c1-3-9-16(10-4-1)20-15-21(17-11-5-2-6-12-17)19-14-8-7-13-18(19)20;1-9-5-3-7-11-13(9)15-14-10(2)6-4-8-12(14)16-11;/h1-14H;3-8H,1-2H3;/q+2;-1;+1. The van der Waals surface area contributed by atoms with E-state index in [4.69, 9.17) is 4.74 Å². The second-order valence-corrected chi connectivity index (χ2v) is 8.99. The molecule has 0 spiro atoms. The first-order valence-electron chi connectivity index (χ1n) is 12.3. The van der Waals surface area contributed by atoms with Crippen molar-refractivity contribution in [2.75, 3.05) is 0 Å². The average molecular weight is 678 g/mol. The molecule has 2 aliphatic heterocycles.